The second-order valence-electron chi connectivity index (χ2n) is 6.45. The Morgan fingerprint density at radius 1 is 1.10 bits per heavy atom. The van der Waals surface area contributed by atoms with Crippen molar-refractivity contribution in [3.05, 3.63) is 77.6 Å². The highest BCUT2D eigenvalue weighted by Crippen LogP contribution is 2.32. The molecule has 1 amide bonds. The molecule has 1 heterocycles. The lowest BCUT2D eigenvalue weighted by Crippen LogP contribution is -2.29. The Morgan fingerprint density at radius 2 is 1.77 bits per heavy atom. The third kappa shape index (κ3) is 5.05. The number of methoxy groups -OCH3 is 1. The molecule has 0 atom stereocenters. The maximum Gasteiger partial charge on any atom is 0.434 e. The minimum Gasteiger partial charge on any atom is -0.497 e. The fourth-order valence-electron chi connectivity index (χ4n) is 2.75. The van der Waals surface area contributed by atoms with E-state index >= 15 is 0 Å². The van der Waals surface area contributed by atoms with E-state index in [4.69, 9.17) is 4.74 Å². The summed E-state index contributed by atoms with van der Waals surface area (Å²) in [6, 6.07) is 15.5. The van der Waals surface area contributed by atoms with Gasteiger partial charge >= 0.3 is 6.18 Å². The normalized spacial score (nSPS) is 11.1. The number of anilines is 2. The zero-order valence-electron chi connectivity index (χ0n) is 16.3. The van der Waals surface area contributed by atoms with Crippen LogP contribution in [0.2, 0.25) is 0 Å². The van der Waals surface area contributed by atoms with Gasteiger partial charge in [-0.1, -0.05) is 30.3 Å². The lowest BCUT2D eigenvalue weighted by molar-refractivity contribution is -0.141. The summed E-state index contributed by atoms with van der Waals surface area (Å²) in [7, 11) is 2.94. The molecule has 0 unspecified atom stereocenters. The molecule has 3 aromatic rings. The predicted molar refractivity (Wildman–Crippen MR) is 106 cm³/mol. The van der Waals surface area contributed by atoms with E-state index in [0.717, 1.165) is 11.8 Å². The summed E-state index contributed by atoms with van der Waals surface area (Å²) in [5.74, 6) is -0.489. The van der Waals surface area contributed by atoms with E-state index in [1.54, 1.807) is 48.5 Å². The Bertz CT molecular complexity index is 1010. The monoisotopic (exact) mass is 416 g/mol. The van der Waals surface area contributed by atoms with Crippen LogP contribution in [-0.2, 0) is 12.7 Å². The Morgan fingerprint density at radius 3 is 2.37 bits per heavy atom. The number of carbonyl (C=O) groups excluding carboxylic acids is 1. The number of aromatic nitrogens is 2. The number of alkyl halides is 3. The Kier molecular flexibility index (Phi) is 6.20. The van der Waals surface area contributed by atoms with Gasteiger partial charge in [-0.2, -0.15) is 13.2 Å². The minimum atomic E-state index is -4.82. The first-order valence-corrected chi connectivity index (χ1v) is 8.92. The number of carbonyl (C=O) groups is 1. The van der Waals surface area contributed by atoms with E-state index in [2.05, 4.69) is 15.3 Å². The van der Waals surface area contributed by atoms with E-state index in [9.17, 15) is 18.0 Å². The zero-order chi connectivity index (χ0) is 21.7. The van der Waals surface area contributed by atoms with Crippen LogP contribution in [0.3, 0.4) is 0 Å². The van der Waals surface area contributed by atoms with E-state index in [1.807, 2.05) is 6.07 Å². The maximum atomic E-state index is 13.6. The van der Waals surface area contributed by atoms with Crippen molar-refractivity contribution in [3.8, 4) is 5.75 Å². The minimum absolute atomic E-state index is 0.156. The average Bonchev–Trinajstić information content (AvgIpc) is 2.74. The van der Waals surface area contributed by atoms with Gasteiger partial charge in [0.1, 0.15) is 5.75 Å². The zero-order valence-corrected chi connectivity index (χ0v) is 16.3. The molecule has 1 N–H and O–H groups in total. The lowest BCUT2D eigenvalue weighted by Gasteiger charge is -2.20. The summed E-state index contributed by atoms with van der Waals surface area (Å²) in [4.78, 5) is 21.3. The van der Waals surface area contributed by atoms with Crippen LogP contribution in [0, 0.1) is 0 Å². The van der Waals surface area contributed by atoms with Gasteiger partial charge in [0.05, 0.1) is 12.7 Å². The molecule has 156 valence electrons. The highest BCUT2D eigenvalue weighted by atomic mass is 19.4. The predicted octanol–water partition coefficient (Wildman–Crippen LogP) is 4.52. The second kappa shape index (κ2) is 8.81. The SMILES string of the molecule is COc1ccc(Nc2ncc(C(=O)N(C)Cc3ccccc3)c(C(F)(F)F)n2)cc1. The molecular weight excluding hydrogens is 397 g/mol. The molecule has 30 heavy (non-hydrogen) atoms. The third-order valence-electron chi connectivity index (χ3n) is 4.24. The van der Waals surface area contributed by atoms with Gasteiger partial charge in [0, 0.05) is 25.5 Å². The number of benzene rings is 2. The molecule has 0 aliphatic heterocycles. The number of amides is 1. The van der Waals surface area contributed by atoms with Crippen LogP contribution in [0.4, 0.5) is 24.8 Å². The second-order valence-corrected chi connectivity index (χ2v) is 6.45. The Labute approximate surface area is 171 Å². The number of nitrogens with zero attached hydrogens (tertiary/aromatic N) is 3. The fourth-order valence-corrected chi connectivity index (χ4v) is 2.75. The third-order valence-corrected chi connectivity index (χ3v) is 4.24. The van der Waals surface area contributed by atoms with Crippen LogP contribution in [-0.4, -0.2) is 34.9 Å². The molecule has 2 aromatic carbocycles. The van der Waals surface area contributed by atoms with Crippen molar-refractivity contribution in [2.24, 2.45) is 0 Å². The van der Waals surface area contributed by atoms with E-state index in [0.29, 0.717) is 11.4 Å². The molecule has 3 rings (SSSR count). The highest BCUT2D eigenvalue weighted by molar-refractivity contribution is 5.95. The number of hydrogen-bond acceptors (Lipinski definition) is 5. The van der Waals surface area contributed by atoms with E-state index < -0.39 is 23.3 Å². The first-order chi connectivity index (χ1) is 14.3. The molecule has 0 bridgehead atoms. The molecule has 6 nitrogen and oxygen atoms in total. The number of nitrogens with one attached hydrogen (secondary N) is 1. The Hall–Kier alpha value is -3.62. The first kappa shape index (κ1) is 21.1. The topological polar surface area (TPSA) is 67.3 Å². The molecule has 9 heteroatoms. The largest absolute Gasteiger partial charge is 0.497 e. The van der Waals surface area contributed by atoms with Crippen molar-refractivity contribution in [2.45, 2.75) is 12.7 Å². The summed E-state index contributed by atoms with van der Waals surface area (Å²) in [6.45, 7) is 0.156. The lowest BCUT2D eigenvalue weighted by atomic mass is 10.1. The number of ether oxygens (including phenoxy) is 1. The quantitative estimate of drug-likeness (QED) is 0.640. The van der Waals surface area contributed by atoms with Crippen molar-refractivity contribution in [1.82, 2.24) is 14.9 Å². The summed E-state index contributed by atoms with van der Waals surface area (Å²) in [5.41, 5.74) is -0.635. The van der Waals surface area contributed by atoms with E-state index in [1.165, 1.54) is 19.1 Å². The van der Waals surface area contributed by atoms with Crippen LogP contribution in [0.15, 0.2) is 60.8 Å². The number of hydrogen-bond donors (Lipinski definition) is 1. The number of halogens is 3. The summed E-state index contributed by atoms with van der Waals surface area (Å²) in [5, 5.41) is 2.70. The van der Waals surface area contributed by atoms with Crippen molar-refractivity contribution < 1.29 is 22.7 Å². The van der Waals surface area contributed by atoms with Crippen LogP contribution in [0.5, 0.6) is 5.75 Å². The van der Waals surface area contributed by atoms with Crippen molar-refractivity contribution in [1.29, 1.82) is 0 Å². The van der Waals surface area contributed by atoms with Crippen LogP contribution >= 0.6 is 0 Å². The van der Waals surface area contributed by atoms with Crippen molar-refractivity contribution >= 4 is 17.5 Å². The summed E-state index contributed by atoms with van der Waals surface area (Å²) < 4.78 is 45.9. The van der Waals surface area contributed by atoms with Crippen molar-refractivity contribution in [2.75, 3.05) is 19.5 Å². The van der Waals surface area contributed by atoms with Crippen LogP contribution in [0.25, 0.3) is 0 Å². The molecule has 0 fully saturated rings. The molecule has 1 aromatic heterocycles. The summed E-state index contributed by atoms with van der Waals surface area (Å²) >= 11 is 0. The van der Waals surface area contributed by atoms with Gasteiger partial charge in [0.15, 0.2) is 5.69 Å². The van der Waals surface area contributed by atoms with Gasteiger partial charge in [-0.3, -0.25) is 4.79 Å². The maximum absolute atomic E-state index is 13.6. The van der Waals surface area contributed by atoms with Gasteiger partial charge < -0.3 is 15.0 Å². The highest BCUT2D eigenvalue weighted by Gasteiger charge is 2.38. The summed E-state index contributed by atoms with van der Waals surface area (Å²) in [6.07, 6.45) is -3.93. The molecule has 0 saturated heterocycles. The molecular formula is C21H19F3N4O2. The van der Waals surface area contributed by atoms with Gasteiger partial charge in [-0.25, -0.2) is 9.97 Å². The van der Waals surface area contributed by atoms with E-state index in [-0.39, 0.29) is 12.5 Å². The van der Waals surface area contributed by atoms with Gasteiger partial charge in [0.2, 0.25) is 5.95 Å². The van der Waals surface area contributed by atoms with Gasteiger partial charge in [-0.05, 0) is 29.8 Å². The standard InChI is InChI=1S/C21H19F3N4O2/c1-28(13-14-6-4-3-5-7-14)19(29)17-12-25-20(27-18(17)21(22,23)24)26-15-8-10-16(30-2)11-9-15/h3-12H,13H2,1-2H3,(H,25,26,27). The van der Waals surface area contributed by atoms with Crippen LogP contribution in [0.1, 0.15) is 21.6 Å². The molecule has 0 aliphatic rings. The molecule has 0 radical (unpaired) electrons. The molecule has 0 saturated carbocycles. The average molecular weight is 416 g/mol. The van der Waals surface area contributed by atoms with Gasteiger partial charge in [-0.15, -0.1) is 0 Å². The Balaban J connectivity index is 1.86. The van der Waals surface area contributed by atoms with Gasteiger partial charge in [0.25, 0.3) is 5.91 Å². The van der Waals surface area contributed by atoms with Crippen LogP contribution < -0.4 is 10.1 Å². The first-order valence-electron chi connectivity index (χ1n) is 8.92. The molecule has 0 spiro atoms. The smallest absolute Gasteiger partial charge is 0.434 e. The fraction of sp³-hybridized carbons (Fsp3) is 0.190. The number of rotatable bonds is 6. The molecule has 0 aliphatic carbocycles. The van der Waals surface area contributed by atoms with Crippen molar-refractivity contribution in [3.63, 3.8) is 0 Å².